The molecule has 21 heavy (non-hydrogen) atoms. The summed E-state index contributed by atoms with van der Waals surface area (Å²) in [5, 5.41) is 0. The van der Waals surface area contributed by atoms with E-state index in [9.17, 15) is 9.18 Å². The van der Waals surface area contributed by atoms with E-state index in [4.69, 9.17) is 4.74 Å². The van der Waals surface area contributed by atoms with Crippen LogP contribution in [0.2, 0.25) is 0 Å². The van der Waals surface area contributed by atoms with Crippen LogP contribution in [0.25, 0.3) is 11.1 Å². The van der Waals surface area contributed by atoms with Crippen molar-refractivity contribution >= 4 is 5.97 Å². The summed E-state index contributed by atoms with van der Waals surface area (Å²) in [4.78, 5) is 11.5. The molecule has 0 N–H and O–H groups in total. The van der Waals surface area contributed by atoms with Gasteiger partial charge in [0.2, 0.25) is 0 Å². The van der Waals surface area contributed by atoms with Crippen LogP contribution in [0, 0.1) is 5.82 Å². The third kappa shape index (κ3) is 3.91. The van der Waals surface area contributed by atoms with Gasteiger partial charge >= 0.3 is 5.97 Å². The van der Waals surface area contributed by atoms with Crippen molar-refractivity contribution in [3.8, 4) is 11.1 Å². The highest BCUT2D eigenvalue weighted by molar-refractivity contribution is 5.70. The molecule has 0 aliphatic heterocycles. The van der Waals surface area contributed by atoms with Crippen LogP contribution in [0.4, 0.5) is 4.39 Å². The third-order valence-corrected chi connectivity index (χ3v) is 3.44. The zero-order chi connectivity index (χ0) is 15.2. The number of rotatable bonds is 5. The molecule has 0 saturated heterocycles. The van der Waals surface area contributed by atoms with Crippen LogP contribution < -0.4 is 0 Å². The summed E-state index contributed by atoms with van der Waals surface area (Å²) in [6.07, 6.45) is 0.354. The number of halogens is 1. The molecular weight excluding hydrogens is 267 g/mol. The predicted octanol–water partition coefficient (Wildman–Crippen LogP) is 4.55. The summed E-state index contributed by atoms with van der Waals surface area (Å²) in [6, 6.07) is 14.3. The van der Waals surface area contributed by atoms with Crippen molar-refractivity contribution in [2.24, 2.45) is 0 Å². The SMILES string of the molecule is CCOC(=O)CC(C)c1ccc(-c2ccccc2F)cc1. The Morgan fingerprint density at radius 3 is 2.43 bits per heavy atom. The number of esters is 1. The lowest BCUT2D eigenvalue weighted by molar-refractivity contribution is -0.143. The third-order valence-electron chi connectivity index (χ3n) is 3.44. The van der Waals surface area contributed by atoms with Gasteiger partial charge in [0.15, 0.2) is 0 Å². The molecule has 0 bridgehead atoms. The van der Waals surface area contributed by atoms with Crippen molar-refractivity contribution in [3.63, 3.8) is 0 Å². The number of ether oxygens (including phenoxy) is 1. The van der Waals surface area contributed by atoms with Gasteiger partial charge in [0.25, 0.3) is 0 Å². The number of carbonyl (C=O) groups excluding carboxylic acids is 1. The number of hydrogen-bond donors (Lipinski definition) is 0. The smallest absolute Gasteiger partial charge is 0.306 e. The normalized spacial score (nSPS) is 12.0. The fourth-order valence-electron chi connectivity index (χ4n) is 2.27. The van der Waals surface area contributed by atoms with E-state index < -0.39 is 0 Å². The van der Waals surface area contributed by atoms with E-state index in [2.05, 4.69) is 0 Å². The monoisotopic (exact) mass is 286 g/mol. The molecule has 0 amide bonds. The molecule has 2 nitrogen and oxygen atoms in total. The molecule has 0 aromatic heterocycles. The Hall–Kier alpha value is -2.16. The van der Waals surface area contributed by atoms with Crippen LogP contribution >= 0.6 is 0 Å². The van der Waals surface area contributed by atoms with Crippen molar-refractivity contribution in [3.05, 3.63) is 59.9 Å². The van der Waals surface area contributed by atoms with E-state index >= 15 is 0 Å². The van der Waals surface area contributed by atoms with Gasteiger partial charge in [0.1, 0.15) is 5.82 Å². The van der Waals surface area contributed by atoms with E-state index in [1.165, 1.54) is 6.07 Å². The average Bonchev–Trinajstić information content (AvgIpc) is 2.48. The number of benzene rings is 2. The Morgan fingerprint density at radius 1 is 1.14 bits per heavy atom. The molecule has 0 aliphatic rings. The van der Waals surface area contributed by atoms with Gasteiger partial charge in [-0.3, -0.25) is 4.79 Å². The van der Waals surface area contributed by atoms with Crippen LogP contribution in [-0.2, 0) is 9.53 Å². The average molecular weight is 286 g/mol. The van der Waals surface area contributed by atoms with Crippen LogP contribution in [-0.4, -0.2) is 12.6 Å². The Bertz CT molecular complexity index is 605. The molecular formula is C18H19FO2. The first-order valence-corrected chi connectivity index (χ1v) is 7.12. The highest BCUT2D eigenvalue weighted by Crippen LogP contribution is 2.26. The van der Waals surface area contributed by atoms with E-state index in [1.54, 1.807) is 19.1 Å². The van der Waals surface area contributed by atoms with Crippen molar-refractivity contribution in [2.45, 2.75) is 26.2 Å². The zero-order valence-electron chi connectivity index (χ0n) is 12.3. The zero-order valence-corrected chi connectivity index (χ0v) is 12.3. The van der Waals surface area contributed by atoms with E-state index in [0.717, 1.165) is 11.1 Å². The van der Waals surface area contributed by atoms with Gasteiger partial charge in [-0.25, -0.2) is 4.39 Å². The Morgan fingerprint density at radius 2 is 1.81 bits per heavy atom. The van der Waals surface area contributed by atoms with Gasteiger partial charge in [0, 0.05) is 5.56 Å². The van der Waals surface area contributed by atoms with Gasteiger partial charge in [-0.15, -0.1) is 0 Å². The van der Waals surface area contributed by atoms with Crippen molar-refractivity contribution in [2.75, 3.05) is 6.61 Å². The van der Waals surface area contributed by atoms with Gasteiger partial charge < -0.3 is 4.74 Å². The Labute approximate surface area is 124 Å². The molecule has 0 fully saturated rings. The van der Waals surface area contributed by atoms with Crippen molar-refractivity contribution in [1.29, 1.82) is 0 Å². The van der Waals surface area contributed by atoms with Crippen LogP contribution in [0.3, 0.4) is 0 Å². The molecule has 3 heteroatoms. The molecule has 1 unspecified atom stereocenters. The molecule has 1 atom stereocenters. The lowest BCUT2D eigenvalue weighted by Crippen LogP contribution is -2.08. The van der Waals surface area contributed by atoms with Crippen LogP contribution in [0.5, 0.6) is 0 Å². The fourth-order valence-corrected chi connectivity index (χ4v) is 2.27. The maximum Gasteiger partial charge on any atom is 0.306 e. The lowest BCUT2D eigenvalue weighted by Gasteiger charge is -2.12. The van der Waals surface area contributed by atoms with Crippen molar-refractivity contribution in [1.82, 2.24) is 0 Å². The minimum absolute atomic E-state index is 0.0821. The molecule has 2 rings (SSSR count). The summed E-state index contributed by atoms with van der Waals surface area (Å²) in [7, 11) is 0. The van der Waals surface area contributed by atoms with Crippen LogP contribution in [0.1, 0.15) is 31.7 Å². The first kappa shape index (κ1) is 15.2. The first-order valence-electron chi connectivity index (χ1n) is 7.12. The summed E-state index contributed by atoms with van der Waals surface area (Å²) in [6.45, 7) is 4.18. The molecule has 0 spiro atoms. The second-order valence-corrected chi connectivity index (χ2v) is 5.01. The fraction of sp³-hybridized carbons (Fsp3) is 0.278. The van der Waals surface area contributed by atoms with E-state index in [0.29, 0.717) is 18.6 Å². The van der Waals surface area contributed by atoms with Gasteiger partial charge in [-0.1, -0.05) is 49.4 Å². The summed E-state index contributed by atoms with van der Waals surface area (Å²) < 4.78 is 18.7. The summed E-state index contributed by atoms with van der Waals surface area (Å²) in [5.74, 6) is -0.341. The van der Waals surface area contributed by atoms with E-state index in [-0.39, 0.29) is 17.7 Å². The molecule has 0 aliphatic carbocycles. The number of hydrogen-bond acceptors (Lipinski definition) is 2. The quantitative estimate of drug-likeness (QED) is 0.754. The molecule has 110 valence electrons. The van der Waals surface area contributed by atoms with Crippen LogP contribution in [0.15, 0.2) is 48.5 Å². The maximum atomic E-state index is 13.7. The highest BCUT2D eigenvalue weighted by atomic mass is 19.1. The predicted molar refractivity (Wildman–Crippen MR) is 81.5 cm³/mol. The molecule has 0 heterocycles. The molecule has 2 aromatic rings. The molecule has 2 aromatic carbocycles. The lowest BCUT2D eigenvalue weighted by atomic mass is 9.95. The standard InChI is InChI=1S/C18H19FO2/c1-3-21-18(20)12-13(2)14-8-10-15(11-9-14)16-6-4-5-7-17(16)19/h4-11,13H,3,12H2,1-2H3. The minimum atomic E-state index is -0.232. The molecule has 0 radical (unpaired) electrons. The van der Waals surface area contributed by atoms with Crippen molar-refractivity contribution < 1.29 is 13.9 Å². The largest absolute Gasteiger partial charge is 0.466 e. The summed E-state index contributed by atoms with van der Waals surface area (Å²) in [5.41, 5.74) is 2.46. The van der Waals surface area contributed by atoms with Gasteiger partial charge in [-0.2, -0.15) is 0 Å². The Balaban J connectivity index is 2.12. The van der Waals surface area contributed by atoms with E-state index in [1.807, 2.05) is 37.3 Å². The second-order valence-electron chi connectivity index (χ2n) is 5.01. The highest BCUT2D eigenvalue weighted by Gasteiger charge is 2.12. The van der Waals surface area contributed by atoms with Gasteiger partial charge in [0.05, 0.1) is 13.0 Å². The molecule has 0 saturated carbocycles. The summed E-state index contributed by atoms with van der Waals surface area (Å²) >= 11 is 0. The Kier molecular flexibility index (Phi) is 5.09. The maximum absolute atomic E-state index is 13.7. The topological polar surface area (TPSA) is 26.3 Å². The number of carbonyl (C=O) groups is 1. The van der Waals surface area contributed by atoms with Gasteiger partial charge in [-0.05, 0) is 30.0 Å². The minimum Gasteiger partial charge on any atom is -0.466 e. The second kappa shape index (κ2) is 7.02. The first-order chi connectivity index (χ1) is 10.1.